The molecule has 1 aromatic heterocycles. The Morgan fingerprint density at radius 3 is 2.93 bits per heavy atom. The second kappa shape index (κ2) is 2.68. The molecule has 3 rings (SSSR count). The zero-order valence-electron chi connectivity index (χ0n) is 7.71. The molecule has 14 heavy (non-hydrogen) atoms. The fourth-order valence-electron chi connectivity index (χ4n) is 2.29. The average Bonchev–Trinajstić information content (AvgIpc) is 2.78. The maximum atomic E-state index is 11.5. The quantitative estimate of drug-likeness (QED) is 0.653. The Hall–Kier alpha value is -1.13. The first-order valence-corrected chi connectivity index (χ1v) is 4.81. The van der Waals surface area contributed by atoms with Gasteiger partial charge in [0.25, 0.3) is 5.56 Å². The van der Waals surface area contributed by atoms with Gasteiger partial charge in [-0.1, -0.05) is 0 Å². The van der Waals surface area contributed by atoms with Gasteiger partial charge >= 0.3 is 0 Å². The summed E-state index contributed by atoms with van der Waals surface area (Å²) >= 11 is 0. The van der Waals surface area contributed by atoms with Crippen molar-refractivity contribution in [2.75, 3.05) is 13.2 Å². The summed E-state index contributed by atoms with van der Waals surface area (Å²) in [5.41, 5.74) is 1.71. The van der Waals surface area contributed by atoms with Crippen molar-refractivity contribution in [2.45, 2.75) is 18.6 Å². The van der Waals surface area contributed by atoms with Crippen molar-refractivity contribution < 1.29 is 9.47 Å². The van der Waals surface area contributed by atoms with E-state index >= 15 is 0 Å². The summed E-state index contributed by atoms with van der Waals surface area (Å²) in [5.74, 6) is -0.608. The number of ether oxygens (including phenoxy) is 2. The topological polar surface area (TPSA) is 51.3 Å². The molecule has 4 heteroatoms. The van der Waals surface area contributed by atoms with Gasteiger partial charge in [0.1, 0.15) is 0 Å². The van der Waals surface area contributed by atoms with Crippen molar-refractivity contribution in [3.8, 4) is 0 Å². The smallest absolute Gasteiger partial charge is 0.251 e. The molecule has 0 aromatic carbocycles. The van der Waals surface area contributed by atoms with E-state index < -0.39 is 5.79 Å². The molecule has 4 nitrogen and oxygen atoms in total. The molecule has 0 unspecified atom stereocenters. The number of aromatic nitrogens is 1. The maximum Gasteiger partial charge on any atom is 0.251 e. The van der Waals surface area contributed by atoms with Crippen molar-refractivity contribution >= 4 is 0 Å². The molecule has 0 saturated carbocycles. The molecular formula is C10H11NO3. The Labute approximate surface area is 80.9 Å². The van der Waals surface area contributed by atoms with Crippen LogP contribution < -0.4 is 5.56 Å². The van der Waals surface area contributed by atoms with Crippen LogP contribution in [0, 0.1) is 0 Å². The van der Waals surface area contributed by atoms with Crippen LogP contribution in [0.5, 0.6) is 0 Å². The Bertz CT molecular complexity index is 418. The van der Waals surface area contributed by atoms with E-state index in [2.05, 4.69) is 4.98 Å². The zero-order valence-corrected chi connectivity index (χ0v) is 7.71. The number of H-pyrrole nitrogens is 1. The number of hydrogen-bond acceptors (Lipinski definition) is 3. The minimum atomic E-state index is -0.608. The van der Waals surface area contributed by atoms with E-state index in [1.54, 1.807) is 6.20 Å². The summed E-state index contributed by atoms with van der Waals surface area (Å²) in [6.45, 7) is 1.23. The summed E-state index contributed by atoms with van der Waals surface area (Å²) in [7, 11) is 0. The van der Waals surface area contributed by atoms with Crippen LogP contribution in [-0.4, -0.2) is 18.2 Å². The largest absolute Gasteiger partial charge is 0.343 e. The molecule has 1 aromatic rings. The highest BCUT2D eigenvalue weighted by molar-refractivity contribution is 5.33. The van der Waals surface area contributed by atoms with E-state index in [-0.39, 0.29) is 5.56 Å². The van der Waals surface area contributed by atoms with Gasteiger partial charge in [-0.05, 0) is 12.5 Å². The molecule has 1 N–H and O–H groups in total. The van der Waals surface area contributed by atoms with Crippen LogP contribution in [-0.2, 0) is 21.7 Å². The first kappa shape index (κ1) is 8.20. The molecule has 0 amide bonds. The third kappa shape index (κ3) is 0.923. The summed E-state index contributed by atoms with van der Waals surface area (Å²) < 4.78 is 11.2. The lowest BCUT2D eigenvalue weighted by Gasteiger charge is -2.22. The van der Waals surface area contributed by atoms with Gasteiger partial charge in [-0.25, -0.2) is 0 Å². The SMILES string of the molecule is O=c1[nH]ccc2c1CCC21OCCO1. The fourth-order valence-corrected chi connectivity index (χ4v) is 2.29. The number of nitrogens with one attached hydrogen (secondary N) is 1. The Morgan fingerprint density at radius 1 is 1.36 bits per heavy atom. The second-order valence-electron chi connectivity index (χ2n) is 3.65. The van der Waals surface area contributed by atoms with Gasteiger partial charge in [0, 0.05) is 23.7 Å². The van der Waals surface area contributed by atoms with Crippen LogP contribution in [0.25, 0.3) is 0 Å². The Balaban J connectivity index is 2.18. The predicted octanol–water partition coefficient (Wildman–Crippen LogP) is 0.521. The van der Waals surface area contributed by atoms with E-state index in [1.165, 1.54) is 0 Å². The molecule has 0 bridgehead atoms. The van der Waals surface area contributed by atoms with Gasteiger partial charge in [-0.3, -0.25) is 4.79 Å². The van der Waals surface area contributed by atoms with Crippen LogP contribution in [0.15, 0.2) is 17.1 Å². The van der Waals surface area contributed by atoms with Gasteiger partial charge in [-0.2, -0.15) is 0 Å². The average molecular weight is 193 g/mol. The second-order valence-corrected chi connectivity index (χ2v) is 3.65. The predicted molar refractivity (Wildman–Crippen MR) is 49.0 cm³/mol. The molecule has 1 aliphatic heterocycles. The van der Waals surface area contributed by atoms with E-state index in [4.69, 9.17) is 9.47 Å². The molecule has 74 valence electrons. The van der Waals surface area contributed by atoms with E-state index in [1.807, 2.05) is 6.07 Å². The van der Waals surface area contributed by atoms with E-state index in [0.29, 0.717) is 13.2 Å². The first-order valence-electron chi connectivity index (χ1n) is 4.81. The number of hydrogen-bond donors (Lipinski definition) is 1. The van der Waals surface area contributed by atoms with Crippen molar-refractivity contribution in [3.05, 3.63) is 33.7 Å². The summed E-state index contributed by atoms with van der Waals surface area (Å²) in [5, 5.41) is 0. The molecular weight excluding hydrogens is 182 g/mol. The lowest BCUT2D eigenvalue weighted by atomic mass is 10.1. The first-order chi connectivity index (χ1) is 6.82. The monoisotopic (exact) mass is 193 g/mol. The highest BCUT2D eigenvalue weighted by Crippen LogP contribution is 2.41. The van der Waals surface area contributed by atoms with E-state index in [9.17, 15) is 4.79 Å². The van der Waals surface area contributed by atoms with Crippen molar-refractivity contribution in [2.24, 2.45) is 0 Å². The van der Waals surface area contributed by atoms with E-state index in [0.717, 1.165) is 24.0 Å². The number of pyridine rings is 1. The van der Waals surface area contributed by atoms with Crippen molar-refractivity contribution in [3.63, 3.8) is 0 Å². The van der Waals surface area contributed by atoms with Crippen LogP contribution in [0.1, 0.15) is 17.5 Å². The van der Waals surface area contributed by atoms with Crippen LogP contribution in [0.4, 0.5) is 0 Å². The highest BCUT2D eigenvalue weighted by atomic mass is 16.7. The van der Waals surface area contributed by atoms with Crippen molar-refractivity contribution in [1.29, 1.82) is 0 Å². The Kier molecular flexibility index (Phi) is 1.57. The van der Waals surface area contributed by atoms with Crippen LogP contribution >= 0.6 is 0 Å². The minimum Gasteiger partial charge on any atom is -0.343 e. The minimum absolute atomic E-state index is 0.0153. The van der Waals surface area contributed by atoms with Crippen LogP contribution in [0.3, 0.4) is 0 Å². The fraction of sp³-hybridized carbons (Fsp3) is 0.500. The van der Waals surface area contributed by atoms with Gasteiger partial charge in [0.2, 0.25) is 0 Å². The zero-order chi connectivity index (χ0) is 9.60. The molecule has 2 heterocycles. The molecule has 1 aliphatic carbocycles. The number of fused-ring (bicyclic) bond motifs is 2. The highest BCUT2D eigenvalue weighted by Gasteiger charge is 2.44. The molecule has 2 aliphatic rings. The Morgan fingerprint density at radius 2 is 2.14 bits per heavy atom. The molecule has 1 fully saturated rings. The van der Waals surface area contributed by atoms with Gasteiger partial charge < -0.3 is 14.5 Å². The van der Waals surface area contributed by atoms with Crippen LogP contribution in [0.2, 0.25) is 0 Å². The molecule has 1 saturated heterocycles. The normalized spacial score (nSPS) is 22.9. The maximum absolute atomic E-state index is 11.5. The number of rotatable bonds is 0. The molecule has 1 spiro atoms. The standard InChI is InChI=1S/C10H11NO3/c12-9-7-1-3-10(13-5-6-14-10)8(7)2-4-11-9/h2,4H,1,3,5-6H2,(H,11,12). The number of aromatic amines is 1. The summed E-state index contributed by atoms with van der Waals surface area (Å²) in [6.07, 6.45) is 3.15. The van der Waals surface area contributed by atoms with Gasteiger partial charge in [0.05, 0.1) is 13.2 Å². The summed E-state index contributed by atoms with van der Waals surface area (Å²) in [6, 6.07) is 1.88. The van der Waals surface area contributed by atoms with Gasteiger partial charge in [-0.15, -0.1) is 0 Å². The third-order valence-corrected chi connectivity index (χ3v) is 2.93. The van der Waals surface area contributed by atoms with Crippen molar-refractivity contribution in [1.82, 2.24) is 4.98 Å². The lowest BCUT2D eigenvalue weighted by Crippen LogP contribution is -2.24. The van der Waals surface area contributed by atoms with Gasteiger partial charge in [0.15, 0.2) is 5.79 Å². The molecule has 0 radical (unpaired) electrons. The molecule has 0 atom stereocenters. The summed E-state index contributed by atoms with van der Waals surface area (Å²) in [4.78, 5) is 14.2. The third-order valence-electron chi connectivity index (χ3n) is 2.93. The lowest BCUT2D eigenvalue weighted by molar-refractivity contribution is -0.163.